The molecule has 1 N–H and O–H groups in total. The van der Waals surface area contributed by atoms with Crippen LogP contribution in [-0.4, -0.2) is 62.4 Å². The largest absolute Gasteiger partial charge is 0.469 e. The summed E-state index contributed by atoms with van der Waals surface area (Å²) < 4.78 is 21.4. The molecule has 6 atom stereocenters. The van der Waals surface area contributed by atoms with Crippen LogP contribution in [0.3, 0.4) is 0 Å². The number of esters is 1. The second-order valence-corrected chi connectivity index (χ2v) is 6.88. The number of methoxy groups -OCH3 is 3. The zero-order valence-corrected chi connectivity index (χ0v) is 14.7. The molecule has 1 heterocycles. The molecule has 0 aromatic heterocycles. The van der Waals surface area contributed by atoms with Gasteiger partial charge in [-0.3, -0.25) is 4.79 Å². The van der Waals surface area contributed by atoms with Crippen molar-refractivity contribution in [2.24, 2.45) is 11.8 Å². The molecule has 0 aromatic carbocycles. The van der Waals surface area contributed by atoms with Gasteiger partial charge in [-0.1, -0.05) is 0 Å². The van der Waals surface area contributed by atoms with Crippen LogP contribution in [0.25, 0.3) is 0 Å². The molecule has 1 saturated carbocycles. The van der Waals surface area contributed by atoms with Gasteiger partial charge in [-0.25, -0.2) is 0 Å². The van der Waals surface area contributed by atoms with Crippen molar-refractivity contribution >= 4 is 17.6 Å². The summed E-state index contributed by atoms with van der Waals surface area (Å²) >= 11 is 6.45. The van der Waals surface area contributed by atoms with Crippen LogP contribution >= 0.6 is 11.6 Å². The van der Waals surface area contributed by atoms with E-state index < -0.39 is 12.4 Å². The van der Waals surface area contributed by atoms with Crippen LogP contribution in [0.15, 0.2) is 0 Å². The van der Waals surface area contributed by atoms with Gasteiger partial charge >= 0.3 is 5.97 Å². The molecule has 0 amide bonds. The van der Waals surface area contributed by atoms with Gasteiger partial charge in [0.1, 0.15) is 0 Å². The van der Waals surface area contributed by atoms with Gasteiger partial charge in [-0.15, -0.1) is 11.6 Å². The van der Waals surface area contributed by atoms with Crippen molar-refractivity contribution in [2.75, 3.05) is 21.3 Å². The third-order valence-electron chi connectivity index (χ3n) is 5.01. The van der Waals surface area contributed by atoms with Crippen LogP contribution in [0.4, 0.5) is 0 Å². The molecular weight excluding hydrogens is 324 g/mol. The van der Waals surface area contributed by atoms with Crippen LogP contribution in [-0.2, 0) is 23.7 Å². The molecule has 23 heavy (non-hydrogen) atoms. The summed E-state index contributed by atoms with van der Waals surface area (Å²) in [5, 5.41) is 10.1. The van der Waals surface area contributed by atoms with Crippen molar-refractivity contribution in [3.05, 3.63) is 0 Å². The second kappa shape index (κ2) is 8.62. The Labute approximate surface area is 142 Å². The lowest BCUT2D eigenvalue weighted by Gasteiger charge is -2.28. The predicted octanol–water partition coefficient (Wildman–Crippen LogP) is 1.71. The number of hydrogen-bond acceptors (Lipinski definition) is 6. The molecule has 0 radical (unpaired) electrons. The number of ether oxygens (including phenoxy) is 4. The highest BCUT2D eigenvalue weighted by atomic mass is 35.5. The number of aliphatic hydroxyl groups excluding tert-OH is 1. The van der Waals surface area contributed by atoms with Crippen LogP contribution in [0.1, 0.15) is 32.1 Å². The van der Waals surface area contributed by atoms with E-state index in [-0.39, 0.29) is 35.4 Å². The Hall–Kier alpha value is -0.400. The van der Waals surface area contributed by atoms with E-state index in [1.54, 1.807) is 14.2 Å². The van der Waals surface area contributed by atoms with Gasteiger partial charge in [-0.2, -0.15) is 0 Å². The molecule has 134 valence electrons. The zero-order valence-electron chi connectivity index (χ0n) is 13.9. The monoisotopic (exact) mass is 350 g/mol. The molecular formula is C16H27ClO6. The average Bonchev–Trinajstić information content (AvgIpc) is 3.06. The standard InChI is InChI=1S/C16H27ClO6/c1-20-14(19)6-4-5-10(17)13-7-9-12(23-13)8-11(18)15(9)16(21-2)22-3/h9-13,15-16,18H,4-8H2,1-3H3. The molecule has 7 heteroatoms. The van der Waals surface area contributed by atoms with E-state index in [1.165, 1.54) is 7.11 Å². The number of rotatable bonds is 8. The summed E-state index contributed by atoms with van der Waals surface area (Å²) in [6, 6.07) is 0. The molecule has 1 aliphatic heterocycles. The summed E-state index contributed by atoms with van der Waals surface area (Å²) in [6.45, 7) is 0. The second-order valence-electron chi connectivity index (χ2n) is 6.32. The zero-order chi connectivity index (χ0) is 17.0. The fraction of sp³-hybridized carbons (Fsp3) is 0.938. The highest BCUT2D eigenvalue weighted by molar-refractivity contribution is 6.21. The highest BCUT2D eigenvalue weighted by Crippen LogP contribution is 2.47. The van der Waals surface area contributed by atoms with Crippen LogP contribution in [0.2, 0.25) is 0 Å². The van der Waals surface area contributed by atoms with E-state index in [4.69, 9.17) is 25.8 Å². The van der Waals surface area contributed by atoms with Gasteiger partial charge in [-0.05, 0) is 25.2 Å². The number of alkyl halides is 1. The maximum atomic E-state index is 11.1. The summed E-state index contributed by atoms with van der Waals surface area (Å²) in [4.78, 5) is 11.1. The van der Waals surface area contributed by atoms with E-state index in [1.807, 2.05) is 0 Å². The van der Waals surface area contributed by atoms with Crippen LogP contribution in [0, 0.1) is 11.8 Å². The van der Waals surface area contributed by atoms with Crippen LogP contribution < -0.4 is 0 Å². The molecule has 1 saturated heterocycles. The van der Waals surface area contributed by atoms with Gasteiger partial charge in [0.2, 0.25) is 0 Å². The summed E-state index contributed by atoms with van der Waals surface area (Å²) in [5.41, 5.74) is 0. The lowest BCUT2D eigenvalue weighted by Crippen LogP contribution is -2.35. The topological polar surface area (TPSA) is 74.2 Å². The van der Waals surface area contributed by atoms with Gasteiger partial charge in [0.05, 0.1) is 30.8 Å². The normalized spacial score (nSPS) is 34.6. The van der Waals surface area contributed by atoms with Gasteiger partial charge in [0.25, 0.3) is 0 Å². The molecule has 1 aliphatic carbocycles. The first-order chi connectivity index (χ1) is 11.0. The number of halogens is 1. The fourth-order valence-corrected chi connectivity index (χ4v) is 4.19. The number of aliphatic hydroxyl groups is 1. The predicted molar refractivity (Wildman–Crippen MR) is 84.2 cm³/mol. The average molecular weight is 351 g/mol. The lowest BCUT2D eigenvalue weighted by molar-refractivity contribution is -0.164. The first kappa shape index (κ1) is 18.9. The van der Waals surface area contributed by atoms with E-state index in [0.717, 1.165) is 6.42 Å². The van der Waals surface area contributed by atoms with Gasteiger partial charge in [0, 0.05) is 33.0 Å². The Balaban J connectivity index is 1.86. The van der Waals surface area contributed by atoms with E-state index in [9.17, 15) is 9.90 Å². The lowest BCUT2D eigenvalue weighted by atomic mass is 9.89. The molecule has 2 aliphatic rings. The van der Waals surface area contributed by atoms with E-state index in [2.05, 4.69) is 4.74 Å². The summed E-state index contributed by atoms with van der Waals surface area (Å²) in [6.07, 6.45) is 2.13. The Bertz CT molecular complexity index is 389. The first-order valence-corrected chi connectivity index (χ1v) is 8.55. The van der Waals surface area contributed by atoms with E-state index in [0.29, 0.717) is 25.7 Å². The van der Waals surface area contributed by atoms with Crippen LogP contribution in [0.5, 0.6) is 0 Å². The quantitative estimate of drug-likeness (QED) is 0.408. The SMILES string of the molecule is COC(=O)CCCC(Cl)C1CC2C(CC(O)C2C(OC)OC)O1. The first-order valence-electron chi connectivity index (χ1n) is 8.11. The van der Waals surface area contributed by atoms with Gasteiger partial charge < -0.3 is 24.1 Å². The number of fused-ring (bicyclic) bond motifs is 1. The summed E-state index contributed by atoms with van der Waals surface area (Å²) in [5.74, 6) is -0.134. The molecule has 6 unspecified atom stereocenters. The highest BCUT2D eigenvalue weighted by Gasteiger charge is 2.53. The minimum atomic E-state index is -0.482. The maximum absolute atomic E-state index is 11.1. The Morgan fingerprint density at radius 1 is 1.30 bits per heavy atom. The molecule has 2 rings (SSSR count). The Morgan fingerprint density at radius 2 is 2.00 bits per heavy atom. The van der Waals surface area contributed by atoms with E-state index >= 15 is 0 Å². The molecule has 0 spiro atoms. The number of carbonyl (C=O) groups excluding carboxylic acids is 1. The fourth-order valence-electron chi connectivity index (χ4n) is 3.87. The third kappa shape index (κ3) is 4.37. The number of hydrogen-bond donors (Lipinski definition) is 1. The third-order valence-corrected chi connectivity index (χ3v) is 5.51. The van der Waals surface area contributed by atoms with Crippen molar-refractivity contribution in [1.82, 2.24) is 0 Å². The maximum Gasteiger partial charge on any atom is 0.305 e. The number of carbonyl (C=O) groups is 1. The molecule has 2 fully saturated rings. The molecule has 0 aromatic rings. The summed E-state index contributed by atoms with van der Waals surface area (Å²) in [7, 11) is 4.55. The van der Waals surface area contributed by atoms with Gasteiger partial charge in [0.15, 0.2) is 6.29 Å². The Morgan fingerprint density at radius 3 is 2.61 bits per heavy atom. The minimum absolute atomic E-state index is 0.00495. The van der Waals surface area contributed by atoms with Crippen molar-refractivity contribution in [2.45, 2.75) is 62.1 Å². The van der Waals surface area contributed by atoms with Crippen molar-refractivity contribution < 1.29 is 28.8 Å². The smallest absolute Gasteiger partial charge is 0.305 e. The Kier molecular flexibility index (Phi) is 7.10. The van der Waals surface area contributed by atoms with Crippen molar-refractivity contribution in [3.63, 3.8) is 0 Å². The van der Waals surface area contributed by atoms with Crippen molar-refractivity contribution in [1.29, 1.82) is 0 Å². The van der Waals surface area contributed by atoms with Crippen molar-refractivity contribution in [3.8, 4) is 0 Å². The molecule has 0 bridgehead atoms. The minimum Gasteiger partial charge on any atom is -0.469 e. The molecule has 6 nitrogen and oxygen atoms in total.